The Morgan fingerprint density at radius 3 is 2.87 bits per heavy atom. The van der Waals surface area contributed by atoms with Gasteiger partial charge in [0.1, 0.15) is 0 Å². The lowest BCUT2D eigenvalue weighted by Gasteiger charge is -2.08. The van der Waals surface area contributed by atoms with Crippen LogP contribution in [0.2, 0.25) is 0 Å². The number of halogens is 1. The van der Waals surface area contributed by atoms with E-state index in [0.717, 1.165) is 18.2 Å². The van der Waals surface area contributed by atoms with Crippen LogP contribution in [-0.4, -0.2) is 15.7 Å². The van der Waals surface area contributed by atoms with E-state index in [9.17, 15) is 9.50 Å². The summed E-state index contributed by atoms with van der Waals surface area (Å²) >= 11 is 0. The van der Waals surface area contributed by atoms with Crippen molar-refractivity contribution < 1.29 is 9.50 Å². The van der Waals surface area contributed by atoms with Gasteiger partial charge in [-0.15, -0.1) is 0 Å². The molecule has 1 fully saturated rings. The Labute approximate surface area is 86.7 Å². The van der Waals surface area contributed by atoms with E-state index in [0.29, 0.717) is 17.5 Å². The quantitative estimate of drug-likeness (QED) is 0.775. The highest BCUT2D eigenvalue weighted by atomic mass is 19.1. The fourth-order valence-corrected chi connectivity index (χ4v) is 1.95. The topological polar surface area (TPSA) is 36.0 Å². The molecule has 0 saturated heterocycles. The first-order valence-electron chi connectivity index (χ1n) is 5.15. The van der Waals surface area contributed by atoms with Crippen LogP contribution in [-0.2, 0) is 6.42 Å². The summed E-state index contributed by atoms with van der Waals surface area (Å²) in [6.07, 6.45) is 3.72. The van der Waals surface area contributed by atoms with E-state index in [4.69, 9.17) is 0 Å². The predicted octanol–water partition coefficient (Wildman–Crippen LogP) is 2.37. The standard InChI is InChI=1S/C12H12FNO/c13-10-9(7-12(15)4-5-12)2-1-8-3-6-14-11(8)10/h1-3,6,14-15H,4-5,7H2. The molecule has 1 aromatic heterocycles. The fraction of sp³-hybridized carbons (Fsp3) is 0.333. The van der Waals surface area contributed by atoms with Gasteiger partial charge in [-0.1, -0.05) is 12.1 Å². The van der Waals surface area contributed by atoms with Crippen molar-refractivity contribution in [2.24, 2.45) is 0 Å². The van der Waals surface area contributed by atoms with Crippen LogP contribution < -0.4 is 0 Å². The van der Waals surface area contributed by atoms with Gasteiger partial charge in [0.25, 0.3) is 0 Å². The summed E-state index contributed by atoms with van der Waals surface area (Å²) in [6.45, 7) is 0. The highest BCUT2D eigenvalue weighted by Gasteiger charge is 2.40. The van der Waals surface area contributed by atoms with Gasteiger partial charge in [-0.05, 0) is 24.5 Å². The molecule has 0 bridgehead atoms. The Balaban J connectivity index is 2.06. The van der Waals surface area contributed by atoms with Crippen molar-refractivity contribution >= 4 is 10.9 Å². The van der Waals surface area contributed by atoms with Crippen LogP contribution in [0.15, 0.2) is 24.4 Å². The molecule has 2 aromatic rings. The van der Waals surface area contributed by atoms with Crippen molar-refractivity contribution in [1.82, 2.24) is 4.98 Å². The first-order chi connectivity index (χ1) is 7.18. The van der Waals surface area contributed by atoms with Gasteiger partial charge < -0.3 is 10.1 Å². The molecule has 0 aliphatic heterocycles. The first kappa shape index (κ1) is 8.92. The molecule has 2 N–H and O–H groups in total. The van der Waals surface area contributed by atoms with E-state index >= 15 is 0 Å². The average molecular weight is 205 g/mol. The number of H-pyrrole nitrogens is 1. The molecule has 0 atom stereocenters. The summed E-state index contributed by atoms with van der Waals surface area (Å²) in [5.41, 5.74) is 0.503. The lowest BCUT2D eigenvalue weighted by molar-refractivity contribution is 0.150. The smallest absolute Gasteiger partial charge is 0.150 e. The van der Waals surface area contributed by atoms with E-state index < -0.39 is 5.60 Å². The minimum absolute atomic E-state index is 0.224. The van der Waals surface area contributed by atoms with Gasteiger partial charge in [0.15, 0.2) is 5.82 Å². The van der Waals surface area contributed by atoms with Crippen LogP contribution in [0.5, 0.6) is 0 Å². The van der Waals surface area contributed by atoms with Gasteiger partial charge in [-0.3, -0.25) is 0 Å². The monoisotopic (exact) mass is 205 g/mol. The summed E-state index contributed by atoms with van der Waals surface area (Å²) in [5.74, 6) is -0.224. The van der Waals surface area contributed by atoms with Crippen LogP contribution in [0.3, 0.4) is 0 Å². The second-order valence-electron chi connectivity index (χ2n) is 4.38. The van der Waals surface area contributed by atoms with Gasteiger partial charge in [0, 0.05) is 18.0 Å². The summed E-state index contributed by atoms with van der Waals surface area (Å²) in [5, 5.41) is 10.6. The van der Waals surface area contributed by atoms with Gasteiger partial charge in [0.2, 0.25) is 0 Å². The Hall–Kier alpha value is -1.35. The van der Waals surface area contributed by atoms with Crippen molar-refractivity contribution in [1.29, 1.82) is 0 Å². The highest BCUT2D eigenvalue weighted by Crippen LogP contribution is 2.39. The fourth-order valence-electron chi connectivity index (χ4n) is 1.95. The maximum absolute atomic E-state index is 13.9. The van der Waals surface area contributed by atoms with Gasteiger partial charge in [-0.2, -0.15) is 0 Å². The molecule has 78 valence electrons. The lowest BCUT2D eigenvalue weighted by Crippen LogP contribution is -2.12. The van der Waals surface area contributed by atoms with Gasteiger partial charge in [-0.25, -0.2) is 4.39 Å². The van der Waals surface area contributed by atoms with E-state index in [1.165, 1.54) is 0 Å². The Morgan fingerprint density at radius 2 is 2.13 bits per heavy atom. The third-order valence-corrected chi connectivity index (χ3v) is 3.09. The van der Waals surface area contributed by atoms with Crippen molar-refractivity contribution in [2.75, 3.05) is 0 Å². The first-order valence-corrected chi connectivity index (χ1v) is 5.15. The number of hydrogen-bond acceptors (Lipinski definition) is 1. The number of fused-ring (bicyclic) bond motifs is 1. The molecule has 3 heteroatoms. The third-order valence-electron chi connectivity index (χ3n) is 3.09. The second kappa shape index (κ2) is 2.83. The zero-order valence-electron chi connectivity index (χ0n) is 8.26. The number of aliphatic hydroxyl groups is 1. The number of nitrogens with one attached hydrogen (secondary N) is 1. The Bertz CT molecular complexity index is 513. The zero-order chi connectivity index (χ0) is 10.5. The Morgan fingerprint density at radius 1 is 1.33 bits per heavy atom. The van der Waals surface area contributed by atoms with Crippen molar-refractivity contribution in [3.8, 4) is 0 Å². The highest BCUT2D eigenvalue weighted by molar-refractivity contribution is 5.80. The molecule has 0 spiro atoms. The van der Waals surface area contributed by atoms with Crippen LogP contribution in [0.1, 0.15) is 18.4 Å². The number of rotatable bonds is 2. The van der Waals surface area contributed by atoms with E-state index in [1.54, 1.807) is 12.3 Å². The average Bonchev–Trinajstić information content (AvgIpc) is 2.78. The summed E-state index contributed by atoms with van der Waals surface area (Å²) < 4.78 is 13.9. The SMILES string of the molecule is OC1(Cc2ccc3cc[nH]c3c2F)CC1. The molecule has 15 heavy (non-hydrogen) atoms. The molecule has 1 aliphatic rings. The maximum Gasteiger partial charge on any atom is 0.150 e. The summed E-state index contributed by atoms with van der Waals surface area (Å²) in [6, 6.07) is 5.49. The van der Waals surface area contributed by atoms with Crippen molar-refractivity contribution in [3.05, 3.63) is 35.8 Å². The molecule has 1 aliphatic carbocycles. The summed E-state index contributed by atoms with van der Waals surface area (Å²) in [4.78, 5) is 2.88. The van der Waals surface area contributed by atoms with Crippen LogP contribution in [0.25, 0.3) is 10.9 Å². The van der Waals surface area contributed by atoms with Crippen LogP contribution in [0, 0.1) is 5.82 Å². The van der Waals surface area contributed by atoms with Crippen molar-refractivity contribution in [3.63, 3.8) is 0 Å². The number of benzene rings is 1. The van der Waals surface area contributed by atoms with E-state index in [2.05, 4.69) is 4.98 Å². The van der Waals surface area contributed by atoms with Crippen molar-refractivity contribution in [2.45, 2.75) is 24.9 Å². The van der Waals surface area contributed by atoms with Crippen LogP contribution in [0.4, 0.5) is 4.39 Å². The van der Waals surface area contributed by atoms with Crippen LogP contribution >= 0.6 is 0 Å². The number of hydrogen-bond donors (Lipinski definition) is 2. The Kier molecular flexibility index (Phi) is 1.68. The van der Waals surface area contributed by atoms with E-state index in [-0.39, 0.29) is 5.82 Å². The predicted molar refractivity (Wildman–Crippen MR) is 56.1 cm³/mol. The van der Waals surface area contributed by atoms with E-state index in [1.807, 2.05) is 12.1 Å². The molecule has 3 rings (SSSR count). The minimum atomic E-state index is -0.638. The zero-order valence-corrected chi connectivity index (χ0v) is 8.26. The minimum Gasteiger partial charge on any atom is -0.390 e. The number of aromatic nitrogens is 1. The molecule has 1 saturated carbocycles. The molecular weight excluding hydrogens is 193 g/mol. The number of aromatic amines is 1. The molecular formula is C12H12FNO. The second-order valence-corrected chi connectivity index (χ2v) is 4.38. The van der Waals surface area contributed by atoms with Gasteiger partial charge >= 0.3 is 0 Å². The summed E-state index contributed by atoms with van der Waals surface area (Å²) in [7, 11) is 0. The molecule has 0 unspecified atom stereocenters. The molecule has 0 radical (unpaired) electrons. The normalized spacial score (nSPS) is 18.3. The molecule has 1 aromatic carbocycles. The third kappa shape index (κ3) is 1.43. The molecule has 1 heterocycles. The molecule has 2 nitrogen and oxygen atoms in total. The molecule has 0 amide bonds. The van der Waals surface area contributed by atoms with Gasteiger partial charge in [0.05, 0.1) is 11.1 Å². The largest absolute Gasteiger partial charge is 0.390 e. The maximum atomic E-state index is 13.9. The lowest BCUT2D eigenvalue weighted by atomic mass is 10.0.